The van der Waals surface area contributed by atoms with E-state index in [2.05, 4.69) is 29.8 Å². The molecule has 1 N–H and O–H groups in total. The molecule has 4 nitrogen and oxygen atoms in total. The third-order valence-corrected chi connectivity index (χ3v) is 4.12. The Balaban J connectivity index is 2.27. The van der Waals surface area contributed by atoms with Gasteiger partial charge >= 0.3 is 5.97 Å². The molecule has 0 atom stereocenters. The van der Waals surface area contributed by atoms with Crippen molar-refractivity contribution in [3.05, 3.63) is 32.6 Å². The van der Waals surface area contributed by atoms with E-state index in [-0.39, 0.29) is 0 Å². The summed E-state index contributed by atoms with van der Waals surface area (Å²) in [5.74, 6) is -0.393. The van der Waals surface area contributed by atoms with Crippen molar-refractivity contribution in [3.8, 4) is 0 Å². The van der Waals surface area contributed by atoms with Crippen molar-refractivity contribution in [2.24, 2.45) is 4.40 Å². The summed E-state index contributed by atoms with van der Waals surface area (Å²) in [6, 6.07) is 1.96. The Morgan fingerprint density at radius 1 is 1.62 bits per heavy atom. The van der Waals surface area contributed by atoms with E-state index >= 15 is 0 Å². The van der Waals surface area contributed by atoms with Crippen LogP contribution in [0.25, 0.3) is 0 Å². The van der Waals surface area contributed by atoms with Crippen LogP contribution in [0.15, 0.2) is 32.1 Å². The lowest BCUT2D eigenvalue weighted by Gasteiger charge is -2.10. The van der Waals surface area contributed by atoms with Crippen LogP contribution in [0.3, 0.4) is 0 Å². The van der Waals surface area contributed by atoms with Crippen molar-refractivity contribution < 1.29 is 9.53 Å². The standard InChI is InChI=1S/C9H7BrN2O2S2/c1-14-9(13)7-3-6(11-16-12-7)8-2-5(10)4-15-8/h2-4,12H,1H3. The van der Waals surface area contributed by atoms with Gasteiger partial charge in [0.1, 0.15) is 5.70 Å². The number of rotatable bonds is 2. The molecule has 2 heterocycles. The smallest absolute Gasteiger partial charge is 0.355 e. The third kappa shape index (κ3) is 2.47. The normalized spacial score (nSPS) is 14.9. The minimum Gasteiger partial charge on any atom is -0.464 e. The number of hydrogen-bond acceptors (Lipinski definition) is 6. The van der Waals surface area contributed by atoms with Crippen LogP contribution in [-0.4, -0.2) is 18.8 Å². The number of thiophene rings is 1. The lowest BCUT2D eigenvalue weighted by molar-refractivity contribution is -0.136. The monoisotopic (exact) mass is 318 g/mol. The zero-order valence-corrected chi connectivity index (χ0v) is 11.4. The van der Waals surface area contributed by atoms with Gasteiger partial charge in [-0.1, -0.05) is 0 Å². The Kier molecular flexibility index (Phi) is 3.67. The van der Waals surface area contributed by atoms with Gasteiger partial charge < -0.3 is 9.46 Å². The van der Waals surface area contributed by atoms with Gasteiger partial charge in [-0.05, 0) is 28.1 Å². The van der Waals surface area contributed by atoms with Crippen molar-refractivity contribution in [2.45, 2.75) is 0 Å². The summed E-state index contributed by atoms with van der Waals surface area (Å²) in [6.45, 7) is 0. The van der Waals surface area contributed by atoms with Gasteiger partial charge in [0.2, 0.25) is 0 Å². The summed E-state index contributed by atoms with van der Waals surface area (Å²) in [5, 5.41) is 1.97. The van der Waals surface area contributed by atoms with Crippen molar-refractivity contribution >= 4 is 51.1 Å². The van der Waals surface area contributed by atoms with Crippen LogP contribution < -0.4 is 4.72 Å². The van der Waals surface area contributed by atoms with Crippen LogP contribution in [0, 0.1) is 0 Å². The summed E-state index contributed by atoms with van der Waals surface area (Å²) in [6.07, 6.45) is 1.68. The fourth-order valence-electron chi connectivity index (χ4n) is 1.09. The molecule has 0 amide bonds. The predicted octanol–water partition coefficient (Wildman–Crippen LogP) is 2.52. The molecule has 1 aromatic heterocycles. The molecule has 0 saturated carbocycles. The first-order valence-electron chi connectivity index (χ1n) is 4.25. The number of methoxy groups -OCH3 is 1. The lowest BCUT2D eigenvalue weighted by atomic mass is 10.2. The quantitative estimate of drug-likeness (QED) is 0.672. The van der Waals surface area contributed by atoms with E-state index in [4.69, 9.17) is 0 Å². The summed E-state index contributed by atoms with van der Waals surface area (Å²) in [4.78, 5) is 12.3. The largest absolute Gasteiger partial charge is 0.464 e. The molecule has 7 heteroatoms. The molecule has 0 aliphatic carbocycles. The number of esters is 1. The van der Waals surface area contributed by atoms with Crippen LogP contribution in [0.2, 0.25) is 0 Å². The van der Waals surface area contributed by atoms with Crippen LogP contribution in [0.4, 0.5) is 0 Å². The van der Waals surface area contributed by atoms with E-state index < -0.39 is 5.97 Å². The van der Waals surface area contributed by atoms with Gasteiger partial charge in [-0.25, -0.2) is 4.79 Å². The fourth-order valence-corrected chi connectivity index (χ4v) is 3.07. The third-order valence-electron chi connectivity index (χ3n) is 1.81. The molecule has 1 aromatic rings. The number of ether oxygens (including phenoxy) is 1. The number of carbonyl (C=O) groups excluding carboxylic acids is 1. The second kappa shape index (κ2) is 5.03. The summed E-state index contributed by atoms with van der Waals surface area (Å²) in [7, 11) is 1.35. The van der Waals surface area contributed by atoms with Crippen molar-refractivity contribution in [3.63, 3.8) is 0 Å². The molecule has 1 aliphatic rings. The average Bonchev–Trinajstić information content (AvgIpc) is 2.75. The first-order chi connectivity index (χ1) is 7.70. The first kappa shape index (κ1) is 11.7. The van der Waals surface area contributed by atoms with Crippen LogP contribution >= 0.6 is 39.4 Å². The Hall–Kier alpha value is -0.790. The number of halogens is 1. The molecule has 0 spiro atoms. The van der Waals surface area contributed by atoms with Gasteiger partial charge in [0.25, 0.3) is 0 Å². The molecular weight excluding hydrogens is 312 g/mol. The van der Waals surface area contributed by atoms with Crippen molar-refractivity contribution in [1.82, 2.24) is 4.72 Å². The highest BCUT2D eigenvalue weighted by Gasteiger charge is 2.16. The molecular formula is C9H7BrN2O2S2. The number of hydrogen-bond donors (Lipinski definition) is 1. The van der Waals surface area contributed by atoms with E-state index in [9.17, 15) is 4.79 Å². The number of nitrogens with one attached hydrogen (secondary N) is 1. The number of allylic oxidation sites excluding steroid dienone is 1. The molecule has 0 radical (unpaired) electrons. The summed E-state index contributed by atoms with van der Waals surface area (Å²) < 4.78 is 12.6. The van der Waals surface area contributed by atoms with Gasteiger partial charge in [-0.2, -0.15) is 4.40 Å². The van der Waals surface area contributed by atoms with Crippen LogP contribution in [-0.2, 0) is 9.53 Å². The molecule has 84 valence electrons. The zero-order valence-electron chi connectivity index (χ0n) is 8.19. The highest BCUT2D eigenvalue weighted by Crippen LogP contribution is 2.24. The summed E-state index contributed by atoms with van der Waals surface area (Å²) in [5.41, 5.74) is 1.17. The van der Waals surface area contributed by atoms with E-state index in [1.807, 2.05) is 11.4 Å². The highest BCUT2D eigenvalue weighted by molar-refractivity contribution is 9.10. The number of nitrogens with zero attached hydrogens (tertiary/aromatic N) is 1. The van der Waals surface area contributed by atoms with Crippen molar-refractivity contribution in [1.29, 1.82) is 0 Å². The van der Waals surface area contributed by atoms with Gasteiger partial charge in [-0.15, -0.1) is 11.3 Å². The molecule has 0 aromatic carbocycles. The second-order valence-corrected chi connectivity index (χ2v) is 5.24. The Labute approximate surface area is 109 Å². The molecule has 2 rings (SSSR count). The van der Waals surface area contributed by atoms with Gasteiger partial charge in [0.15, 0.2) is 0 Å². The molecule has 0 unspecified atom stereocenters. The Morgan fingerprint density at radius 3 is 3.06 bits per heavy atom. The lowest BCUT2D eigenvalue weighted by Crippen LogP contribution is -2.19. The van der Waals surface area contributed by atoms with Crippen LogP contribution in [0.1, 0.15) is 4.88 Å². The highest BCUT2D eigenvalue weighted by atomic mass is 79.9. The minimum atomic E-state index is -0.393. The van der Waals surface area contributed by atoms with Gasteiger partial charge in [0, 0.05) is 9.85 Å². The molecule has 0 bridgehead atoms. The van der Waals surface area contributed by atoms with E-state index in [1.54, 1.807) is 17.4 Å². The topological polar surface area (TPSA) is 50.7 Å². The average molecular weight is 319 g/mol. The maximum absolute atomic E-state index is 11.3. The predicted molar refractivity (Wildman–Crippen MR) is 69.4 cm³/mol. The second-order valence-electron chi connectivity index (χ2n) is 2.85. The maximum atomic E-state index is 11.3. The van der Waals surface area contributed by atoms with Crippen LogP contribution in [0.5, 0.6) is 0 Å². The molecule has 1 aliphatic heterocycles. The Morgan fingerprint density at radius 2 is 2.44 bits per heavy atom. The van der Waals surface area contributed by atoms with Crippen molar-refractivity contribution in [2.75, 3.05) is 7.11 Å². The molecule has 16 heavy (non-hydrogen) atoms. The molecule has 0 fully saturated rings. The number of carbonyl (C=O) groups is 1. The van der Waals surface area contributed by atoms with Gasteiger partial charge in [-0.3, -0.25) is 0 Å². The molecule has 0 saturated heterocycles. The van der Waals surface area contributed by atoms with Gasteiger partial charge in [0.05, 0.1) is 29.8 Å². The minimum absolute atomic E-state index is 0.393. The first-order valence-corrected chi connectivity index (χ1v) is 6.70. The SMILES string of the molecule is COC(=O)C1=CC(c2cc(Br)cs2)=NSN1. The Bertz CT molecular complexity index is 482. The fraction of sp³-hybridized carbons (Fsp3) is 0.111. The zero-order chi connectivity index (χ0) is 11.5. The maximum Gasteiger partial charge on any atom is 0.355 e. The summed E-state index contributed by atoms with van der Waals surface area (Å²) >= 11 is 6.06. The van der Waals surface area contributed by atoms with E-state index in [0.717, 1.165) is 27.2 Å². The van der Waals surface area contributed by atoms with E-state index in [1.165, 1.54) is 7.11 Å². The van der Waals surface area contributed by atoms with E-state index in [0.29, 0.717) is 5.70 Å².